The highest BCUT2D eigenvalue weighted by Crippen LogP contribution is 2.28. The van der Waals surface area contributed by atoms with Crippen LogP contribution in [0.3, 0.4) is 0 Å². The first-order chi connectivity index (χ1) is 8.58. The quantitative estimate of drug-likeness (QED) is 0.778. The van der Waals surface area contributed by atoms with E-state index in [1.165, 1.54) is 5.56 Å². The molecule has 0 saturated carbocycles. The Bertz CT molecular complexity index is 545. The molecule has 0 atom stereocenters. The number of benzene rings is 2. The predicted molar refractivity (Wildman–Crippen MR) is 79.4 cm³/mol. The van der Waals surface area contributed by atoms with Gasteiger partial charge in [-0.05, 0) is 42.2 Å². The van der Waals surface area contributed by atoms with E-state index in [0.717, 1.165) is 22.6 Å². The van der Waals surface area contributed by atoms with Gasteiger partial charge in [0.05, 0.1) is 0 Å². The fraction of sp³-hybridized carbons (Fsp3) is 0.250. The third-order valence-corrected chi connectivity index (χ3v) is 3.14. The van der Waals surface area contributed by atoms with E-state index in [0.29, 0.717) is 5.92 Å². The van der Waals surface area contributed by atoms with Crippen molar-refractivity contribution in [1.29, 1.82) is 0 Å². The Morgan fingerprint density at radius 1 is 1.06 bits per heavy atom. The highest BCUT2D eigenvalue weighted by Gasteiger charge is 2.06. The van der Waals surface area contributed by atoms with Gasteiger partial charge in [0.25, 0.3) is 0 Å². The summed E-state index contributed by atoms with van der Waals surface area (Å²) in [5, 5.41) is 3.44. The van der Waals surface area contributed by atoms with Crippen molar-refractivity contribution in [2.24, 2.45) is 0 Å². The van der Waals surface area contributed by atoms with Crippen molar-refractivity contribution in [2.45, 2.75) is 26.7 Å². The molecule has 94 valence electrons. The molecular formula is C16H20N2. The van der Waals surface area contributed by atoms with Crippen molar-refractivity contribution in [1.82, 2.24) is 0 Å². The van der Waals surface area contributed by atoms with Gasteiger partial charge in [-0.15, -0.1) is 0 Å². The van der Waals surface area contributed by atoms with E-state index in [2.05, 4.69) is 43.4 Å². The van der Waals surface area contributed by atoms with Gasteiger partial charge in [0, 0.05) is 17.1 Å². The van der Waals surface area contributed by atoms with Gasteiger partial charge in [-0.2, -0.15) is 0 Å². The number of nitrogen functional groups attached to an aromatic ring is 1. The molecule has 0 amide bonds. The Balaban J connectivity index is 2.31. The maximum atomic E-state index is 5.93. The number of rotatable bonds is 3. The van der Waals surface area contributed by atoms with Crippen molar-refractivity contribution in [3.8, 4) is 0 Å². The number of aryl methyl sites for hydroxylation is 1. The Kier molecular flexibility index (Phi) is 3.56. The molecule has 0 unspecified atom stereocenters. The maximum Gasteiger partial charge on any atom is 0.0419 e. The molecule has 0 aromatic heterocycles. The second-order valence-corrected chi connectivity index (χ2v) is 4.94. The number of anilines is 3. The molecule has 0 spiro atoms. The fourth-order valence-corrected chi connectivity index (χ4v) is 1.99. The second-order valence-electron chi connectivity index (χ2n) is 4.94. The van der Waals surface area contributed by atoms with Gasteiger partial charge in [0.2, 0.25) is 0 Å². The molecular weight excluding hydrogens is 220 g/mol. The van der Waals surface area contributed by atoms with Crippen molar-refractivity contribution in [2.75, 3.05) is 11.1 Å². The van der Waals surface area contributed by atoms with E-state index >= 15 is 0 Å². The number of nitrogens with two attached hydrogens (primary N) is 1. The minimum absolute atomic E-state index is 0.497. The van der Waals surface area contributed by atoms with Crippen LogP contribution in [-0.2, 0) is 0 Å². The summed E-state index contributed by atoms with van der Waals surface area (Å²) in [5.74, 6) is 0.497. The lowest BCUT2D eigenvalue weighted by molar-refractivity contribution is 0.869. The molecule has 18 heavy (non-hydrogen) atoms. The smallest absolute Gasteiger partial charge is 0.0419 e. The summed E-state index contributed by atoms with van der Waals surface area (Å²) in [6.07, 6.45) is 0. The summed E-state index contributed by atoms with van der Waals surface area (Å²) in [5.41, 5.74) is 11.4. The van der Waals surface area contributed by atoms with Crippen LogP contribution in [0.1, 0.15) is 30.9 Å². The summed E-state index contributed by atoms with van der Waals surface area (Å²) in [7, 11) is 0. The predicted octanol–water partition coefficient (Wildman–Crippen LogP) is 4.44. The number of hydrogen-bond donors (Lipinski definition) is 2. The van der Waals surface area contributed by atoms with Crippen LogP contribution in [0.25, 0.3) is 0 Å². The lowest BCUT2D eigenvalue weighted by Crippen LogP contribution is -1.98. The van der Waals surface area contributed by atoms with Crippen LogP contribution in [-0.4, -0.2) is 0 Å². The van der Waals surface area contributed by atoms with E-state index in [1.807, 2.05) is 25.1 Å². The highest BCUT2D eigenvalue weighted by atomic mass is 14.9. The van der Waals surface area contributed by atoms with Crippen molar-refractivity contribution >= 4 is 17.1 Å². The van der Waals surface area contributed by atoms with Gasteiger partial charge in [0.1, 0.15) is 0 Å². The molecule has 0 bridgehead atoms. The first kappa shape index (κ1) is 12.5. The van der Waals surface area contributed by atoms with Crippen molar-refractivity contribution in [3.05, 3.63) is 53.6 Å². The molecule has 0 aliphatic rings. The van der Waals surface area contributed by atoms with Crippen LogP contribution >= 0.6 is 0 Å². The van der Waals surface area contributed by atoms with Crippen LogP contribution < -0.4 is 11.1 Å². The molecule has 2 aromatic carbocycles. The Morgan fingerprint density at radius 3 is 2.44 bits per heavy atom. The van der Waals surface area contributed by atoms with E-state index in [4.69, 9.17) is 5.73 Å². The maximum absolute atomic E-state index is 5.93. The van der Waals surface area contributed by atoms with Gasteiger partial charge in [-0.25, -0.2) is 0 Å². The topological polar surface area (TPSA) is 38.0 Å². The third kappa shape index (κ3) is 2.65. The Hall–Kier alpha value is -1.96. The molecule has 2 heteroatoms. The molecule has 0 aliphatic carbocycles. The monoisotopic (exact) mass is 240 g/mol. The van der Waals surface area contributed by atoms with Gasteiger partial charge in [-0.1, -0.05) is 38.1 Å². The van der Waals surface area contributed by atoms with Crippen LogP contribution in [0.2, 0.25) is 0 Å². The average molecular weight is 240 g/mol. The van der Waals surface area contributed by atoms with Crippen molar-refractivity contribution in [3.63, 3.8) is 0 Å². The summed E-state index contributed by atoms with van der Waals surface area (Å²) in [4.78, 5) is 0. The number of hydrogen-bond acceptors (Lipinski definition) is 2. The molecule has 0 heterocycles. The molecule has 2 nitrogen and oxygen atoms in total. The van der Waals surface area contributed by atoms with Crippen LogP contribution in [0.15, 0.2) is 42.5 Å². The lowest BCUT2D eigenvalue weighted by Gasteiger charge is -2.15. The lowest BCUT2D eigenvalue weighted by atomic mass is 10.0. The SMILES string of the molecule is Cc1ccc(Nc2ccccc2C(C)C)cc1N. The summed E-state index contributed by atoms with van der Waals surface area (Å²) in [6, 6.07) is 14.5. The molecule has 3 N–H and O–H groups in total. The minimum Gasteiger partial charge on any atom is -0.398 e. The van der Waals surface area contributed by atoms with Crippen molar-refractivity contribution < 1.29 is 0 Å². The zero-order valence-corrected chi connectivity index (χ0v) is 11.2. The molecule has 0 radical (unpaired) electrons. The molecule has 0 fully saturated rings. The minimum atomic E-state index is 0.497. The van der Waals surface area contributed by atoms with Gasteiger partial charge in [0.15, 0.2) is 0 Å². The fourth-order valence-electron chi connectivity index (χ4n) is 1.99. The van der Waals surface area contributed by atoms with Gasteiger partial charge >= 0.3 is 0 Å². The number of nitrogens with one attached hydrogen (secondary N) is 1. The van der Waals surface area contributed by atoms with E-state index < -0.39 is 0 Å². The third-order valence-electron chi connectivity index (χ3n) is 3.14. The second kappa shape index (κ2) is 5.13. The van der Waals surface area contributed by atoms with Gasteiger partial charge < -0.3 is 11.1 Å². The van der Waals surface area contributed by atoms with E-state index in [9.17, 15) is 0 Å². The summed E-state index contributed by atoms with van der Waals surface area (Å²) < 4.78 is 0. The first-order valence-corrected chi connectivity index (χ1v) is 6.30. The Morgan fingerprint density at radius 2 is 1.78 bits per heavy atom. The van der Waals surface area contributed by atoms with E-state index in [1.54, 1.807) is 0 Å². The summed E-state index contributed by atoms with van der Waals surface area (Å²) >= 11 is 0. The zero-order valence-electron chi connectivity index (χ0n) is 11.2. The Labute approximate surface area is 109 Å². The average Bonchev–Trinajstić information content (AvgIpc) is 2.34. The first-order valence-electron chi connectivity index (χ1n) is 6.30. The molecule has 0 saturated heterocycles. The standard InChI is InChI=1S/C16H20N2/c1-11(2)14-6-4-5-7-16(14)18-13-9-8-12(3)15(17)10-13/h4-11,18H,17H2,1-3H3. The molecule has 2 rings (SSSR count). The molecule has 2 aromatic rings. The highest BCUT2D eigenvalue weighted by molar-refractivity contribution is 5.67. The van der Waals surface area contributed by atoms with E-state index in [-0.39, 0.29) is 0 Å². The largest absolute Gasteiger partial charge is 0.398 e. The molecule has 0 aliphatic heterocycles. The zero-order chi connectivity index (χ0) is 13.1. The van der Waals surface area contributed by atoms with Crippen LogP contribution in [0, 0.1) is 6.92 Å². The normalized spacial score (nSPS) is 10.7. The van der Waals surface area contributed by atoms with Crippen LogP contribution in [0.5, 0.6) is 0 Å². The summed E-state index contributed by atoms with van der Waals surface area (Å²) in [6.45, 7) is 6.41. The van der Waals surface area contributed by atoms with Crippen LogP contribution in [0.4, 0.5) is 17.1 Å². The van der Waals surface area contributed by atoms with Gasteiger partial charge in [-0.3, -0.25) is 0 Å². The number of para-hydroxylation sites is 1.